The zero-order valence-corrected chi connectivity index (χ0v) is 18.2. The maximum absolute atomic E-state index is 12.7. The number of nitrogens with zero attached hydrogens (tertiary/aromatic N) is 2. The summed E-state index contributed by atoms with van der Waals surface area (Å²) < 4.78 is 3.43. The molecule has 0 saturated heterocycles. The molecule has 1 N–H and O–H groups in total. The van der Waals surface area contributed by atoms with Crippen molar-refractivity contribution in [3.63, 3.8) is 0 Å². The summed E-state index contributed by atoms with van der Waals surface area (Å²) in [5, 5.41) is 3.57. The maximum atomic E-state index is 12.7. The van der Waals surface area contributed by atoms with Crippen LogP contribution in [0.25, 0.3) is 10.2 Å². The van der Waals surface area contributed by atoms with E-state index in [-0.39, 0.29) is 5.91 Å². The summed E-state index contributed by atoms with van der Waals surface area (Å²) in [6, 6.07) is 22.4. The molecule has 1 aromatic heterocycles. The largest absolute Gasteiger partial charge is 0.312 e. The van der Waals surface area contributed by atoms with Crippen molar-refractivity contribution in [2.45, 2.75) is 24.7 Å². The van der Waals surface area contributed by atoms with Crippen LogP contribution in [0.3, 0.4) is 0 Å². The maximum Gasteiger partial charge on any atom is 0.257 e. The minimum absolute atomic E-state index is 0.133. The minimum atomic E-state index is -0.133. The molecule has 4 nitrogen and oxygen atoms in total. The summed E-state index contributed by atoms with van der Waals surface area (Å²) in [6.45, 7) is 3.06. The molecule has 3 aromatic carbocycles. The van der Waals surface area contributed by atoms with Gasteiger partial charge in [0, 0.05) is 17.0 Å². The lowest BCUT2D eigenvalue weighted by Gasteiger charge is -2.29. The molecule has 0 atom stereocenters. The monoisotopic (exact) mass is 431 g/mol. The SMILES string of the molecule is Cc1cccc2sc(NC(=O)c3ccc(SN4CCCc5ccccc54)cc3)nc12. The van der Waals surface area contributed by atoms with Gasteiger partial charge < -0.3 is 4.31 Å². The van der Waals surface area contributed by atoms with Crippen LogP contribution in [0.4, 0.5) is 10.8 Å². The molecule has 4 aromatic rings. The molecule has 1 amide bonds. The van der Waals surface area contributed by atoms with Crippen LogP contribution in [0.1, 0.15) is 27.9 Å². The fraction of sp³-hybridized carbons (Fsp3) is 0.167. The summed E-state index contributed by atoms with van der Waals surface area (Å²) in [5.74, 6) is -0.133. The predicted octanol–water partition coefficient (Wildman–Crippen LogP) is 6.32. The van der Waals surface area contributed by atoms with Crippen molar-refractivity contribution in [3.05, 3.63) is 83.4 Å². The molecule has 5 rings (SSSR count). The Morgan fingerprint density at radius 3 is 2.73 bits per heavy atom. The number of hydrogen-bond acceptors (Lipinski definition) is 5. The topological polar surface area (TPSA) is 45.2 Å². The first-order valence-electron chi connectivity index (χ1n) is 9.98. The van der Waals surface area contributed by atoms with Crippen molar-refractivity contribution in [1.82, 2.24) is 4.98 Å². The van der Waals surface area contributed by atoms with Gasteiger partial charge in [-0.25, -0.2) is 4.98 Å². The third-order valence-electron chi connectivity index (χ3n) is 5.24. The highest BCUT2D eigenvalue weighted by molar-refractivity contribution is 8.00. The number of aromatic nitrogens is 1. The van der Waals surface area contributed by atoms with E-state index in [2.05, 4.69) is 38.9 Å². The molecule has 30 heavy (non-hydrogen) atoms. The van der Waals surface area contributed by atoms with Crippen LogP contribution in [0.15, 0.2) is 71.6 Å². The zero-order chi connectivity index (χ0) is 20.5. The van der Waals surface area contributed by atoms with Gasteiger partial charge in [0.2, 0.25) is 0 Å². The molecule has 0 unspecified atom stereocenters. The second kappa shape index (κ2) is 8.13. The van der Waals surface area contributed by atoms with Crippen molar-refractivity contribution in [3.8, 4) is 0 Å². The Hall–Kier alpha value is -2.83. The smallest absolute Gasteiger partial charge is 0.257 e. The normalized spacial score (nSPS) is 13.3. The second-order valence-electron chi connectivity index (χ2n) is 7.34. The van der Waals surface area contributed by atoms with Gasteiger partial charge in [0.05, 0.1) is 15.9 Å². The summed E-state index contributed by atoms with van der Waals surface area (Å²) >= 11 is 3.23. The second-order valence-corrected chi connectivity index (χ2v) is 9.47. The van der Waals surface area contributed by atoms with Gasteiger partial charge in [-0.3, -0.25) is 10.1 Å². The number of aryl methyl sites for hydroxylation is 2. The van der Waals surface area contributed by atoms with Crippen LogP contribution in [0.5, 0.6) is 0 Å². The Labute approximate surface area is 184 Å². The van der Waals surface area contributed by atoms with E-state index in [0.717, 1.165) is 40.1 Å². The van der Waals surface area contributed by atoms with E-state index in [1.807, 2.05) is 49.4 Å². The lowest BCUT2D eigenvalue weighted by Crippen LogP contribution is -2.22. The highest BCUT2D eigenvalue weighted by Crippen LogP contribution is 2.35. The minimum Gasteiger partial charge on any atom is -0.312 e. The summed E-state index contributed by atoms with van der Waals surface area (Å²) in [7, 11) is 0. The molecular formula is C24H21N3OS2. The molecule has 0 fully saturated rings. The number of amides is 1. The third kappa shape index (κ3) is 3.80. The first-order chi connectivity index (χ1) is 14.7. The quantitative estimate of drug-likeness (QED) is 0.384. The molecule has 1 aliphatic rings. The number of fused-ring (bicyclic) bond motifs is 2. The van der Waals surface area contributed by atoms with Crippen LogP contribution in [-0.2, 0) is 6.42 Å². The Kier molecular flexibility index (Phi) is 5.19. The van der Waals surface area contributed by atoms with Gasteiger partial charge in [-0.05, 0) is 79.2 Å². The Balaban J connectivity index is 1.29. The zero-order valence-electron chi connectivity index (χ0n) is 16.6. The average Bonchev–Trinajstić information content (AvgIpc) is 3.18. The number of para-hydroxylation sites is 2. The first-order valence-corrected chi connectivity index (χ1v) is 11.6. The van der Waals surface area contributed by atoms with E-state index in [4.69, 9.17) is 0 Å². The van der Waals surface area contributed by atoms with Gasteiger partial charge in [0.1, 0.15) is 0 Å². The van der Waals surface area contributed by atoms with Crippen LogP contribution in [-0.4, -0.2) is 17.4 Å². The van der Waals surface area contributed by atoms with E-state index in [0.29, 0.717) is 10.7 Å². The Bertz CT molecular complexity index is 1220. The van der Waals surface area contributed by atoms with Gasteiger partial charge >= 0.3 is 0 Å². The number of hydrogen-bond donors (Lipinski definition) is 1. The van der Waals surface area contributed by atoms with Crippen LogP contribution in [0, 0.1) is 6.92 Å². The van der Waals surface area contributed by atoms with E-state index in [1.54, 1.807) is 11.9 Å². The van der Waals surface area contributed by atoms with Gasteiger partial charge in [-0.2, -0.15) is 0 Å². The van der Waals surface area contributed by atoms with Crippen LogP contribution < -0.4 is 9.62 Å². The number of benzene rings is 3. The summed E-state index contributed by atoms with van der Waals surface area (Å²) in [5.41, 5.74) is 5.39. The number of carbonyl (C=O) groups is 1. The molecule has 0 aliphatic carbocycles. The Morgan fingerprint density at radius 1 is 1.07 bits per heavy atom. The van der Waals surface area contributed by atoms with Crippen LogP contribution in [0.2, 0.25) is 0 Å². The van der Waals surface area contributed by atoms with E-state index < -0.39 is 0 Å². The van der Waals surface area contributed by atoms with Crippen LogP contribution >= 0.6 is 23.3 Å². The van der Waals surface area contributed by atoms with Gasteiger partial charge in [-0.15, -0.1) is 0 Å². The number of anilines is 2. The van der Waals surface area contributed by atoms with Crippen molar-refractivity contribution < 1.29 is 4.79 Å². The van der Waals surface area contributed by atoms with Gasteiger partial charge in [-0.1, -0.05) is 41.7 Å². The molecule has 0 bridgehead atoms. The highest BCUT2D eigenvalue weighted by Gasteiger charge is 2.17. The fourth-order valence-electron chi connectivity index (χ4n) is 3.70. The van der Waals surface area contributed by atoms with Crippen molar-refractivity contribution in [1.29, 1.82) is 0 Å². The fourth-order valence-corrected chi connectivity index (χ4v) is 5.65. The number of nitrogens with one attached hydrogen (secondary N) is 1. The lowest BCUT2D eigenvalue weighted by molar-refractivity contribution is 0.102. The molecular weight excluding hydrogens is 410 g/mol. The lowest BCUT2D eigenvalue weighted by atomic mass is 10.0. The molecule has 0 saturated carbocycles. The number of carbonyl (C=O) groups excluding carboxylic acids is 1. The molecule has 0 spiro atoms. The Morgan fingerprint density at radius 2 is 1.90 bits per heavy atom. The summed E-state index contributed by atoms with van der Waals surface area (Å²) in [6.07, 6.45) is 2.30. The van der Waals surface area contributed by atoms with Crippen molar-refractivity contribution in [2.24, 2.45) is 0 Å². The van der Waals surface area contributed by atoms with Crippen molar-refractivity contribution in [2.75, 3.05) is 16.2 Å². The number of thiazole rings is 1. The molecule has 1 aliphatic heterocycles. The first kappa shape index (κ1) is 19.2. The van der Waals surface area contributed by atoms with Gasteiger partial charge in [0.15, 0.2) is 5.13 Å². The molecule has 0 radical (unpaired) electrons. The third-order valence-corrected chi connectivity index (χ3v) is 7.26. The van der Waals surface area contributed by atoms with E-state index in [1.165, 1.54) is 22.6 Å². The number of rotatable bonds is 4. The standard InChI is InChI=1S/C24H21N3OS2/c1-16-6-4-10-21-22(16)25-24(29-21)26-23(28)18-11-13-19(14-12-18)30-27-15-5-8-17-7-2-3-9-20(17)27/h2-4,6-7,9-14H,5,8,15H2,1H3,(H,25,26,28). The highest BCUT2D eigenvalue weighted by atomic mass is 32.2. The van der Waals surface area contributed by atoms with E-state index in [9.17, 15) is 4.79 Å². The predicted molar refractivity (Wildman–Crippen MR) is 127 cm³/mol. The molecule has 2 heterocycles. The van der Waals surface area contributed by atoms with E-state index >= 15 is 0 Å². The average molecular weight is 432 g/mol. The van der Waals surface area contributed by atoms with Gasteiger partial charge in [0.25, 0.3) is 5.91 Å². The van der Waals surface area contributed by atoms with Crippen molar-refractivity contribution >= 4 is 50.2 Å². The summed E-state index contributed by atoms with van der Waals surface area (Å²) in [4.78, 5) is 18.4. The molecule has 6 heteroatoms. The molecule has 150 valence electrons.